The molecule has 0 amide bonds. The van der Waals surface area contributed by atoms with Gasteiger partial charge < -0.3 is 5.73 Å². The number of nitrogen functional groups attached to an aromatic ring is 1. The number of anilines is 1. The quantitative estimate of drug-likeness (QED) is 0.928. The second-order valence-electron chi connectivity index (χ2n) is 4.73. The zero-order valence-corrected chi connectivity index (χ0v) is 11.9. The van der Waals surface area contributed by atoms with Crippen LogP contribution in [-0.2, 0) is 6.54 Å². The van der Waals surface area contributed by atoms with Gasteiger partial charge in [0.05, 0.1) is 17.6 Å². The van der Waals surface area contributed by atoms with Gasteiger partial charge in [0, 0.05) is 17.6 Å². The standard InChI is InChI=1S/C15H18ClN3/c1-11(12-4-3-5-13(16)8-12)19(2)10-15-7-6-14(17)9-18-15/h3-9,11H,10,17H2,1-2H3. The first-order valence-electron chi connectivity index (χ1n) is 6.22. The molecule has 1 aromatic carbocycles. The van der Waals surface area contributed by atoms with Crippen molar-refractivity contribution < 1.29 is 0 Å². The molecule has 3 nitrogen and oxygen atoms in total. The van der Waals surface area contributed by atoms with E-state index in [0.717, 1.165) is 17.3 Å². The number of benzene rings is 1. The number of halogens is 1. The van der Waals surface area contributed by atoms with E-state index in [4.69, 9.17) is 17.3 Å². The maximum Gasteiger partial charge on any atom is 0.0545 e. The Morgan fingerprint density at radius 1 is 1.32 bits per heavy atom. The highest BCUT2D eigenvalue weighted by Crippen LogP contribution is 2.22. The van der Waals surface area contributed by atoms with Crippen LogP contribution in [-0.4, -0.2) is 16.9 Å². The second kappa shape index (κ2) is 6.04. The van der Waals surface area contributed by atoms with Gasteiger partial charge in [0.15, 0.2) is 0 Å². The highest BCUT2D eigenvalue weighted by atomic mass is 35.5. The predicted molar refractivity (Wildman–Crippen MR) is 80.0 cm³/mol. The topological polar surface area (TPSA) is 42.1 Å². The number of rotatable bonds is 4. The van der Waals surface area contributed by atoms with Gasteiger partial charge in [-0.2, -0.15) is 0 Å². The molecule has 1 heterocycles. The molecule has 0 aliphatic rings. The summed E-state index contributed by atoms with van der Waals surface area (Å²) < 4.78 is 0. The molecule has 0 radical (unpaired) electrons. The van der Waals surface area contributed by atoms with E-state index >= 15 is 0 Å². The highest BCUT2D eigenvalue weighted by molar-refractivity contribution is 6.30. The van der Waals surface area contributed by atoms with Crippen LogP contribution in [0.15, 0.2) is 42.6 Å². The number of nitrogens with two attached hydrogens (primary N) is 1. The highest BCUT2D eigenvalue weighted by Gasteiger charge is 2.12. The summed E-state index contributed by atoms with van der Waals surface area (Å²) in [5, 5.41) is 0.767. The summed E-state index contributed by atoms with van der Waals surface area (Å²) in [6.07, 6.45) is 1.69. The van der Waals surface area contributed by atoms with Crippen molar-refractivity contribution in [1.29, 1.82) is 0 Å². The summed E-state index contributed by atoms with van der Waals surface area (Å²) in [5.41, 5.74) is 8.53. The molecule has 2 rings (SSSR count). The van der Waals surface area contributed by atoms with E-state index in [1.165, 1.54) is 5.56 Å². The molecule has 100 valence electrons. The fourth-order valence-electron chi connectivity index (χ4n) is 1.94. The fraction of sp³-hybridized carbons (Fsp3) is 0.267. The molecule has 0 aliphatic heterocycles. The van der Waals surface area contributed by atoms with E-state index in [0.29, 0.717) is 5.69 Å². The molecule has 0 spiro atoms. The molecule has 1 unspecified atom stereocenters. The Morgan fingerprint density at radius 2 is 2.11 bits per heavy atom. The SMILES string of the molecule is CC(c1cccc(Cl)c1)N(C)Cc1ccc(N)cn1. The van der Waals surface area contributed by atoms with Crippen LogP contribution < -0.4 is 5.73 Å². The molecular weight excluding hydrogens is 258 g/mol. The Labute approximate surface area is 119 Å². The monoisotopic (exact) mass is 275 g/mol. The number of aromatic nitrogens is 1. The Morgan fingerprint density at radius 3 is 2.74 bits per heavy atom. The molecule has 2 N–H and O–H groups in total. The van der Waals surface area contributed by atoms with E-state index in [1.807, 2.05) is 30.3 Å². The van der Waals surface area contributed by atoms with Gasteiger partial charge in [0.25, 0.3) is 0 Å². The summed E-state index contributed by atoms with van der Waals surface area (Å²) >= 11 is 6.03. The molecule has 4 heteroatoms. The zero-order valence-electron chi connectivity index (χ0n) is 11.2. The maximum atomic E-state index is 6.03. The molecule has 0 saturated carbocycles. The average Bonchev–Trinajstić information content (AvgIpc) is 2.40. The van der Waals surface area contributed by atoms with E-state index in [1.54, 1.807) is 6.20 Å². The summed E-state index contributed by atoms with van der Waals surface area (Å²) in [6, 6.07) is 12.1. The minimum atomic E-state index is 0.276. The maximum absolute atomic E-state index is 6.03. The van der Waals surface area contributed by atoms with Gasteiger partial charge in [-0.1, -0.05) is 23.7 Å². The lowest BCUT2D eigenvalue weighted by Gasteiger charge is -2.24. The van der Waals surface area contributed by atoms with Crippen molar-refractivity contribution >= 4 is 17.3 Å². The van der Waals surface area contributed by atoms with Crippen molar-refractivity contribution in [1.82, 2.24) is 9.88 Å². The molecule has 2 aromatic rings. The second-order valence-corrected chi connectivity index (χ2v) is 5.17. The van der Waals surface area contributed by atoms with Crippen molar-refractivity contribution in [2.24, 2.45) is 0 Å². The molecule has 0 saturated heterocycles. The smallest absolute Gasteiger partial charge is 0.0545 e. The van der Waals surface area contributed by atoms with Crippen LogP contribution in [0.4, 0.5) is 5.69 Å². The Bertz CT molecular complexity index is 539. The van der Waals surface area contributed by atoms with Crippen LogP contribution in [0.25, 0.3) is 0 Å². The molecule has 19 heavy (non-hydrogen) atoms. The largest absolute Gasteiger partial charge is 0.397 e. The van der Waals surface area contributed by atoms with E-state index in [-0.39, 0.29) is 6.04 Å². The first-order valence-corrected chi connectivity index (χ1v) is 6.60. The molecular formula is C15H18ClN3. The summed E-state index contributed by atoms with van der Waals surface area (Å²) in [4.78, 5) is 6.55. The van der Waals surface area contributed by atoms with Gasteiger partial charge in [-0.05, 0) is 43.8 Å². The van der Waals surface area contributed by atoms with Crippen molar-refractivity contribution in [2.75, 3.05) is 12.8 Å². The van der Waals surface area contributed by atoms with Gasteiger partial charge in [-0.25, -0.2) is 0 Å². The summed E-state index contributed by atoms with van der Waals surface area (Å²) in [7, 11) is 2.07. The molecule has 0 aliphatic carbocycles. The van der Waals surface area contributed by atoms with Crippen molar-refractivity contribution in [3.8, 4) is 0 Å². The van der Waals surface area contributed by atoms with Crippen LogP contribution in [0.3, 0.4) is 0 Å². The van der Waals surface area contributed by atoms with Gasteiger partial charge >= 0.3 is 0 Å². The third-order valence-corrected chi connectivity index (χ3v) is 3.49. The fourth-order valence-corrected chi connectivity index (χ4v) is 2.14. The van der Waals surface area contributed by atoms with Gasteiger partial charge in [-0.15, -0.1) is 0 Å². The molecule has 0 bridgehead atoms. The minimum Gasteiger partial charge on any atom is -0.397 e. The van der Waals surface area contributed by atoms with Gasteiger partial charge in [0.2, 0.25) is 0 Å². The zero-order chi connectivity index (χ0) is 13.8. The van der Waals surface area contributed by atoms with Gasteiger partial charge in [0.1, 0.15) is 0 Å². The molecule has 1 aromatic heterocycles. The lowest BCUT2D eigenvalue weighted by atomic mass is 10.1. The van der Waals surface area contributed by atoms with Crippen molar-refractivity contribution in [2.45, 2.75) is 19.5 Å². The number of hydrogen-bond acceptors (Lipinski definition) is 3. The molecule has 0 fully saturated rings. The minimum absolute atomic E-state index is 0.276. The lowest BCUT2D eigenvalue weighted by molar-refractivity contribution is 0.250. The van der Waals surface area contributed by atoms with E-state index in [2.05, 4.69) is 29.9 Å². The predicted octanol–water partition coefficient (Wildman–Crippen LogP) is 3.51. The first-order chi connectivity index (χ1) is 9.06. The number of hydrogen-bond donors (Lipinski definition) is 1. The van der Waals surface area contributed by atoms with Crippen molar-refractivity contribution in [3.63, 3.8) is 0 Å². The average molecular weight is 276 g/mol. The Hall–Kier alpha value is -1.58. The summed E-state index contributed by atoms with van der Waals surface area (Å²) in [6.45, 7) is 2.93. The Balaban J connectivity index is 2.07. The normalized spacial score (nSPS) is 12.6. The van der Waals surface area contributed by atoms with Crippen LogP contribution in [0.1, 0.15) is 24.2 Å². The van der Waals surface area contributed by atoms with Crippen LogP contribution in [0.5, 0.6) is 0 Å². The van der Waals surface area contributed by atoms with Crippen LogP contribution >= 0.6 is 11.6 Å². The van der Waals surface area contributed by atoms with E-state index < -0.39 is 0 Å². The number of nitrogens with zero attached hydrogens (tertiary/aromatic N) is 2. The van der Waals surface area contributed by atoms with Crippen LogP contribution in [0.2, 0.25) is 5.02 Å². The number of pyridine rings is 1. The van der Waals surface area contributed by atoms with Crippen molar-refractivity contribution in [3.05, 3.63) is 58.9 Å². The first kappa shape index (κ1) is 13.8. The molecule has 1 atom stereocenters. The van der Waals surface area contributed by atoms with Crippen LogP contribution in [0, 0.1) is 0 Å². The lowest BCUT2D eigenvalue weighted by Crippen LogP contribution is -2.22. The van der Waals surface area contributed by atoms with E-state index in [9.17, 15) is 0 Å². The third kappa shape index (κ3) is 3.69. The Kier molecular flexibility index (Phi) is 4.40. The third-order valence-electron chi connectivity index (χ3n) is 3.25. The van der Waals surface area contributed by atoms with Gasteiger partial charge in [-0.3, -0.25) is 9.88 Å². The summed E-state index contributed by atoms with van der Waals surface area (Å²) in [5.74, 6) is 0.